The minimum absolute atomic E-state index is 0.429. The highest BCUT2D eigenvalue weighted by Crippen LogP contribution is 2.39. The number of anilines is 1. The van der Waals surface area contributed by atoms with E-state index in [-0.39, 0.29) is 0 Å². The van der Waals surface area contributed by atoms with Crippen molar-refractivity contribution in [2.45, 2.75) is 17.1 Å². The molecule has 5 rings (SSSR count). The zero-order valence-electron chi connectivity index (χ0n) is 15.7. The van der Waals surface area contributed by atoms with Gasteiger partial charge in [0, 0.05) is 40.0 Å². The van der Waals surface area contributed by atoms with Gasteiger partial charge in [-0.25, -0.2) is 0 Å². The Hall–Kier alpha value is -3.16. The van der Waals surface area contributed by atoms with Gasteiger partial charge in [0.15, 0.2) is 11.9 Å². The van der Waals surface area contributed by atoms with E-state index in [2.05, 4.69) is 25.5 Å². The van der Waals surface area contributed by atoms with Crippen LogP contribution in [-0.4, -0.2) is 20.2 Å². The minimum Gasteiger partial charge on any atom is -0.448 e. The first-order valence-electron chi connectivity index (χ1n) is 9.31. The maximum absolute atomic E-state index is 6.26. The molecular formula is C22H16ClN5OS. The van der Waals surface area contributed by atoms with Crippen LogP contribution in [0, 0.1) is 0 Å². The van der Waals surface area contributed by atoms with Crippen molar-refractivity contribution in [3.05, 3.63) is 89.2 Å². The second-order valence-corrected chi connectivity index (χ2v) is 7.95. The number of nitrogens with zero attached hydrogens (tertiary/aromatic N) is 4. The predicted octanol–water partition coefficient (Wildman–Crippen LogP) is 5.38. The molecule has 0 fully saturated rings. The zero-order valence-corrected chi connectivity index (χ0v) is 17.3. The molecule has 0 aliphatic carbocycles. The summed E-state index contributed by atoms with van der Waals surface area (Å²) in [6.45, 7) is 0. The Morgan fingerprint density at radius 1 is 1.00 bits per heavy atom. The summed E-state index contributed by atoms with van der Waals surface area (Å²) in [4.78, 5) is 8.86. The van der Waals surface area contributed by atoms with Crippen molar-refractivity contribution < 1.29 is 4.74 Å². The summed E-state index contributed by atoms with van der Waals surface area (Å²) < 4.78 is 6.24. The number of pyridine rings is 1. The largest absolute Gasteiger partial charge is 0.448 e. The first-order valence-corrected chi connectivity index (χ1v) is 10.7. The third kappa shape index (κ3) is 3.81. The first-order chi connectivity index (χ1) is 14.8. The molecule has 2 aromatic heterocycles. The predicted molar refractivity (Wildman–Crippen MR) is 118 cm³/mol. The Labute approximate surface area is 182 Å². The standard InChI is InChI=1S/C22H16ClN5OS/c23-17-9-3-1-6-15(17)13-30-22-26-21-19(27-28-22)16-8-2-4-10-18(16)25-20(29-21)14-7-5-11-24-12-14/h1-12,20,25H,13H2/t20-/m1/s1. The summed E-state index contributed by atoms with van der Waals surface area (Å²) in [6, 6.07) is 19.4. The summed E-state index contributed by atoms with van der Waals surface area (Å²) in [5.41, 5.74) is 4.30. The van der Waals surface area contributed by atoms with Crippen molar-refractivity contribution in [3.8, 4) is 17.1 Å². The van der Waals surface area contributed by atoms with Gasteiger partial charge in [0.1, 0.15) is 0 Å². The van der Waals surface area contributed by atoms with Crippen LogP contribution in [0.2, 0.25) is 5.02 Å². The minimum atomic E-state index is -0.445. The summed E-state index contributed by atoms with van der Waals surface area (Å²) in [5.74, 6) is 1.07. The molecule has 0 unspecified atom stereocenters. The fourth-order valence-corrected chi connectivity index (χ4v) is 4.21. The smallest absolute Gasteiger partial charge is 0.247 e. The van der Waals surface area contributed by atoms with E-state index < -0.39 is 6.23 Å². The maximum Gasteiger partial charge on any atom is 0.247 e. The van der Waals surface area contributed by atoms with Gasteiger partial charge in [-0.2, -0.15) is 4.98 Å². The number of ether oxygens (including phenoxy) is 1. The number of halogens is 1. The molecule has 1 N–H and O–H groups in total. The average molecular weight is 434 g/mol. The van der Waals surface area contributed by atoms with E-state index >= 15 is 0 Å². The number of rotatable bonds is 4. The molecule has 0 radical (unpaired) electrons. The Balaban J connectivity index is 1.49. The number of nitrogens with one attached hydrogen (secondary N) is 1. The van der Waals surface area contributed by atoms with Crippen LogP contribution in [-0.2, 0) is 5.75 Å². The quantitative estimate of drug-likeness (QED) is 0.433. The van der Waals surface area contributed by atoms with Crippen LogP contribution in [0.25, 0.3) is 11.3 Å². The number of aromatic nitrogens is 4. The highest BCUT2D eigenvalue weighted by Gasteiger charge is 2.26. The number of para-hydroxylation sites is 1. The maximum atomic E-state index is 6.26. The summed E-state index contributed by atoms with van der Waals surface area (Å²) in [5, 5.41) is 13.4. The highest BCUT2D eigenvalue weighted by molar-refractivity contribution is 7.98. The van der Waals surface area contributed by atoms with Gasteiger partial charge in [0.2, 0.25) is 11.0 Å². The molecule has 148 valence electrons. The molecular weight excluding hydrogens is 418 g/mol. The van der Waals surface area contributed by atoms with Crippen LogP contribution in [0.5, 0.6) is 5.88 Å². The van der Waals surface area contributed by atoms with E-state index in [1.165, 1.54) is 11.8 Å². The van der Waals surface area contributed by atoms with Crippen molar-refractivity contribution in [1.29, 1.82) is 0 Å². The molecule has 6 nitrogen and oxygen atoms in total. The third-order valence-corrected chi connectivity index (χ3v) is 5.89. The van der Waals surface area contributed by atoms with Crippen molar-refractivity contribution in [3.63, 3.8) is 0 Å². The lowest BCUT2D eigenvalue weighted by molar-refractivity contribution is 0.225. The SMILES string of the molecule is Clc1ccccc1CSc1nnc2c(n1)O[C@H](c1cccnc1)Nc1ccccc1-2. The van der Waals surface area contributed by atoms with Gasteiger partial charge < -0.3 is 10.1 Å². The van der Waals surface area contributed by atoms with Crippen LogP contribution in [0.15, 0.2) is 78.2 Å². The fourth-order valence-electron chi connectivity index (χ4n) is 3.15. The van der Waals surface area contributed by atoms with Gasteiger partial charge in [-0.3, -0.25) is 4.98 Å². The lowest BCUT2D eigenvalue weighted by atomic mass is 10.1. The Kier molecular flexibility index (Phi) is 5.21. The topological polar surface area (TPSA) is 72.8 Å². The summed E-state index contributed by atoms with van der Waals surface area (Å²) >= 11 is 7.73. The molecule has 0 spiro atoms. The van der Waals surface area contributed by atoms with Crippen LogP contribution in [0.4, 0.5) is 5.69 Å². The van der Waals surface area contributed by atoms with Crippen molar-refractivity contribution in [2.24, 2.45) is 0 Å². The second-order valence-electron chi connectivity index (χ2n) is 6.60. The molecule has 2 aromatic carbocycles. The van der Waals surface area contributed by atoms with Crippen LogP contribution in [0.1, 0.15) is 17.4 Å². The van der Waals surface area contributed by atoms with E-state index in [9.17, 15) is 0 Å². The van der Waals surface area contributed by atoms with E-state index in [1.807, 2.05) is 60.7 Å². The summed E-state index contributed by atoms with van der Waals surface area (Å²) in [6.07, 6.45) is 3.06. The fraction of sp³-hybridized carbons (Fsp3) is 0.0909. The van der Waals surface area contributed by atoms with Crippen LogP contribution < -0.4 is 10.1 Å². The Morgan fingerprint density at radius 2 is 1.87 bits per heavy atom. The lowest BCUT2D eigenvalue weighted by Crippen LogP contribution is -2.17. The van der Waals surface area contributed by atoms with Crippen LogP contribution in [0.3, 0.4) is 0 Å². The average Bonchev–Trinajstić information content (AvgIpc) is 2.96. The zero-order chi connectivity index (χ0) is 20.3. The number of benzene rings is 2. The number of thioether (sulfide) groups is 1. The first kappa shape index (κ1) is 18.8. The second kappa shape index (κ2) is 8.30. The molecule has 1 atom stereocenters. The molecule has 0 amide bonds. The Morgan fingerprint density at radius 3 is 2.73 bits per heavy atom. The van der Waals surface area contributed by atoms with E-state index in [4.69, 9.17) is 16.3 Å². The van der Waals surface area contributed by atoms with E-state index in [1.54, 1.807) is 12.4 Å². The van der Waals surface area contributed by atoms with Crippen molar-refractivity contribution in [2.75, 3.05) is 5.32 Å². The number of hydrogen-bond acceptors (Lipinski definition) is 7. The van der Waals surface area contributed by atoms with Crippen molar-refractivity contribution >= 4 is 29.1 Å². The van der Waals surface area contributed by atoms with Gasteiger partial charge in [-0.1, -0.05) is 65.8 Å². The Bertz CT molecular complexity index is 1190. The molecule has 3 heterocycles. The number of fused-ring (bicyclic) bond motifs is 3. The number of hydrogen-bond donors (Lipinski definition) is 1. The lowest BCUT2D eigenvalue weighted by Gasteiger charge is -2.18. The van der Waals surface area contributed by atoms with E-state index in [0.29, 0.717) is 22.5 Å². The molecule has 1 aliphatic rings. The molecule has 4 aromatic rings. The molecule has 1 aliphatic heterocycles. The molecule has 8 heteroatoms. The monoisotopic (exact) mass is 433 g/mol. The third-order valence-electron chi connectivity index (χ3n) is 4.64. The molecule has 0 saturated carbocycles. The van der Waals surface area contributed by atoms with Gasteiger partial charge >= 0.3 is 0 Å². The summed E-state index contributed by atoms with van der Waals surface area (Å²) in [7, 11) is 0. The van der Waals surface area contributed by atoms with Gasteiger partial charge in [-0.15, -0.1) is 10.2 Å². The van der Waals surface area contributed by atoms with Gasteiger partial charge in [0.05, 0.1) is 0 Å². The van der Waals surface area contributed by atoms with Crippen molar-refractivity contribution in [1.82, 2.24) is 20.2 Å². The molecule has 0 saturated heterocycles. The molecule has 30 heavy (non-hydrogen) atoms. The van der Waals surface area contributed by atoms with Gasteiger partial charge in [0.25, 0.3) is 0 Å². The molecule has 0 bridgehead atoms. The van der Waals surface area contributed by atoms with Gasteiger partial charge in [-0.05, 0) is 23.8 Å². The highest BCUT2D eigenvalue weighted by atomic mass is 35.5. The van der Waals surface area contributed by atoms with Crippen LogP contribution >= 0.6 is 23.4 Å². The van der Waals surface area contributed by atoms with E-state index in [0.717, 1.165) is 27.4 Å². The normalized spacial score (nSPS) is 14.6.